The van der Waals surface area contributed by atoms with Crippen LogP contribution >= 0.6 is 0 Å². The number of benzene rings is 1. The van der Waals surface area contributed by atoms with Gasteiger partial charge in [-0.3, -0.25) is 9.59 Å². The average Bonchev–Trinajstić information content (AvgIpc) is 2.60. The first-order valence-electron chi connectivity index (χ1n) is 8.71. The molecule has 0 aromatic heterocycles. The van der Waals surface area contributed by atoms with Crippen molar-refractivity contribution in [3.05, 3.63) is 29.3 Å². The van der Waals surface area contributed by atoms with Crippen molar-refractivity contribution < 1.29 is 9.59 Å². The van der Waals surface area contributed by atoms with E-state index >= 15 is 0 Å². The van der Waals surface area contributed by atoms with Crippen LogP contribution in [0, 0.1) is 17.8 Å². The van der Waals surface area contributed by atoms with E-state index in [-0.39, 0.29) is 23.7 Å². The van der Waals surface area contributed by atoms with Crippen LogP contribution in [0.2, 0.25) is 0 Å². The molecule has 3 aliphatic rings. The second-order valence-corrected chi connectivity index (χ2v) is 7.45. The summed E-state index contributed by atoms with van der Waals surface area (Å²) in [6, 6.07) is 6.27. The first-order chi connectivity index (χ1) is 11.5. The van der Waals surface area contributed by atoms with Crippen LogP contribution < -0.4 is 4.90 Å². The predicted octanol–water partition coefficient (Wildman–Crippen LogP) is 2.43. The van der Waals surface area contributed by atoms with Crippen molar-refractivity contribution in [2.75, 3.05) is 19.0 Å². The Morgan fingerprint density at radius 2 is 1.83 bits per heavy atom. The number of carbonyl (C=O) groups excluding carboxylic acids is 2. The maximum absolute atomic E-state index is 12.2. The van der Waals surface area contributed by atoms with E-state index < -0.39 is 0 Å². The van der Waals surface area contributed by atoms with Gasteiger partial charge in [-0.15, -0.1) is 0 Å². The summed E-state index contributed by atoms with van der Waals surface area (Å²) in [5.74, 6) is 1.02. The number of rotatable bonds is 1. The van der Waals surface area contributed by atoms with Gasteiger partial charge >= 0.3 is 0 Å². The van der Waals surface area contributed by atoms with Gasteiger partial charge < -0.3 is 4.90 Å². The van der Waals surface area contributed by atoms with E-state index in [1.807, 2.05) is 13.1 Å². The zero-order valence-corrected chi connectivity index (χ0v) is 14.5. The molecule has 1 aliphatic carbocycles. The molecule has 1 aromatic rings. The van der Waals surface area contributed by atoms with Gasteiger partial charge in [0.25, 0.3) is 0 Å². The molecular weight excluding hydrogens is 302 g/mol. The zero-order valence-electron chi connectivity index (χ0n) is 14.5. The molecule has 1 aromatic carbocycles. The quantitative estimate of drug-likeness (QED) is 0.796. The van der Waals surface area contributed by atoms with Crippen LogP contribution in [0.1, 0.15) is 37.3 Å². The monoisotopic (exact) mass is 325 g/mol. The van der Waals surface area contributed by atoms with Crippen LogP contribution in [-0.2, 0) is 16.0 Å². The number of anilines is 1. The maximum atomic E-state index is 12.2. The Morgan fingerprint density at radius 1 is 1.08 bits per heavy atom. The van der Waals surface area contributed by atoms with Gasteiger partial charge in [-0.2, -0.15) is 5.10 Å². The van der Waals surface area contributed by atoms with Gasteiger partial charge in [0.05, 0.1) is 5.71 Å². The molecule has 0 spiro atoms. The molecule has 4 rings (SSSR count). The Hall–Kier alpha value is -2.17. The molecule has 1 fully saturated rings. The summed E-state index contributed by atoms with van der Waals surface area (Å²) < 4.78 is 0. The number of hydrazone groups is 1. The van der Waals surface area contributed by atoms with Crippen LogP contribution in [0.3, 0.4) is 0 Å². The van der Waals surface area contributed by atoms with Crippen molar-refractivity contribution in [1.29, 1.82) is 0 Å². The highest BCUT2D eigenvalue weighted by Gasteiger charge is 2.45. The standard InChI is InChI=1S/C19H23N3O2/c1-11-8-13-10-12(4-7-16(13)21(2)17(23)9-11)18-14-5-6-15(14)19(24)22(3)20-18/h4,7,10-11,14-15H,5-6,8-9H2,1-3H3. The third-order valence-electron chi connectivity index (χ3n) is 5.72. The molecule has 2 amide bonds. The molecule has 24 heavy (non-hydrogen) atoms. The van der Waals surface area contributed by atoms with Crippen LogP contribution in [0.15, 0.2) is 23.3 Å². The summed E-state index contributed by atoms with van der Waals surface area (Å²) in [4.78, 5) is 26.1. The minimum Gasteiger partial charge on any atom is -0.315 e. The van der Waals surface area contributed by atoms with E-state index in [4.69, 9.17) is 0 Å². The summed E-state index contributed by atoms with van der Waals surface area (Å²) in [5.41, 5.74) is 4.32. The van der Waals surface area contributed by atoms with Gasteiger partial charge in [0.15, 0.2) is 0 Å². The fraction of sp³-hybridized carbons (Fsp3) is 0.526. The van der Waals surface area contributed by atoms with Crippen molar-refractivity contribution >= 4 is 23.2 Å². The maximum Gasteiger partial charge on any atom is 0.246 e. The molecule has 126 valence electrons. The van der Waals surface area contributed by atoms with Crippen molar-refractivity contribution in [2.24, 2.45) is 22.9 Å². The fourth-order valence-corrected chi connectivity index (χ4v) is 4.17. The summed E-state index contributed by atoms with van der Waals surface area (Å²) >= 11 is 0. The Bertz CT molecular complexity index is 755. The highest BCUT2D eigenvalue weighted by molar-refractivity contribution is 6.08. The number of hydrogen-bond acceptors (Lipinski definition) is 3. The van der Waals surface area contributed by atoms with Crippen molar-refractivity contribution in [2.45, 2.75) is 32.6 Å². The number of amides is 2. The Morgan fingerprint density at radius 3 is 2.54 bits per heavy atom. The molecular formula is C19H23N3O2. The van der Waals surface area contributed by atoms with E-state index in [1.54, 1.807) is 11.9 Å². The number of fused-ring (bicyclic) bond motifs is 2. The van der Waals surface area contributed by atoms with Gasteiger partial charge in [0.1, 0.15) is 0 Å². The molecule has 2 heterocycles. The lowest BCUT2D eigenvalue weighted by Gasteiger charge is -2.41. The molecule has 3 atom stereocenters. The minimum absolute atomic E-state index is 0.101. The SMILES string of the molecule is CC1CC(=O)N(C)c2ccc(C3=NN(C)C(=O)C4CCC34)cc2C1. The molecule has 0 bridgehead atoms. The van der Waals surface area contributed by atoms with E-state index in [0.717, 1.165) is 36.2 Å². The Kier molecular flexibility index (Phi) is 3.48. The summed E-state index contributed by atoms with van der Waals surface area (Å²) in [5, 5.41) is 6.06. The highest BCUT2D eigenvalue weighted by atomic mass is 16.2. The average molecular weight is 325 g/mol. The molecule has 0 N–H and O–H groups in total. The molecule has 0 saturated heterocycles. The third kappa shape index (κ3) is 2.26. The number of nitrogens with zero attached hydrogens (tertiary/aromatic N) is 3. The molecule has 5 heteroatoms. The number of carbonyl (C=O) groups is 2. The number of hydrogen-bond donors (Lipinski definition) is 0. The van der Waals surface area contributed by atoms with Crippen molar-refractivity contribution in [3.63, 3.8) is 0 Å². The lowest BCUT2D eigenvalue weighted by molar-refractivity contribution is -0.139. The smallest absolute Gasteiger partial charge is 0.246 e. The van der Waals surface area contributed by atoms with Gasteiger partial charge in [0.2, 0.25) is 11.8 Å². The van der Waals surface area contributed by atoms with Crippen LogP contribution in [-0.4, -0.2) is 36.6 Å². The topological polar surface area (TPSA) is 53.0 Å². The molecule has 3 unspecified atom stereocenters. The van der Waals surface area contributed by atoms with Gasteiger partial charge in [-0.25, -0.2) is 5.01 Å². The van der Waals surface area contributed by atoms with Crippen molar-refractivity contribution in [1.82, 2.24) is 5.01 Å². The lowest BCUT2D eigenvalue weighted by Crippen LogP contribution is -2.48. The minimum atomic E-state index is 0.101. The van der Waals surface area contributed by atoms with E-state index in [2.05, 4.69) is 24.2 Å². The van der Waals surface area contributed by atoms with Gasteiger partial charge in [0, 0.05) is 38.0 Å². The van der Waals surface area contributed by atoms with Crippen LogP contribution in [0.4, 0.5) is 5.69 Å². The van der Waals surface area contributed by atoms with E-state index in [0.29, 0.717) is 12.3 Å². The third-order valence-corrected chi connectivity index (χ3v) is 5.72. The fourth-order valence-electron chi connectivity index (χ4n) is 4.17. The molecule has 1 saturated carbocycles. The van der Waals surface area contributed by atoms with Crippen LogP contribution in [0.25, 0.3) is 0 Å². The first kappa shape index (κ1) is 15.4. The second-order valence-electron chi connectivity index (χ2n) is 7.45. The summed E-state index contributed by atoms with van der Waals surface area (Å²) in [7, 11) is 3.60. The molecule has 2 aliphatic heterocycles. The van der Waals surface area contributed by atoms with E-state index in [1.165, 1.54) is 10.6 Å². The normalized spacial score (nSPS) is 29.5. The first-order valence-corrected chi connectivity index (χ1v) is 8.71. The summed E-state index contributed by atoms with van der Waals surface area (Å²) in [6.45, 7) is 2.13. The van der Waals surface area contributed by atoms with Gasteiger partial charge in [-0.1, -0.05) is 13.0 Å². The second kappa shape index (κ2) is 5.43. The van der Waals surface area contributed by atoms with E-state index in [9.17, 15) is 9.59 Å². The Labute approximate surface area is 142 Å². The summed E-state index contributed by atoms with van der Waals surface area (Å²) in [6.07, 6.45) is 3.49. The zero-order chi connectivity index (χ0) is 17.0. The lowest BCUT2D eigenvalue weighted by atomic mass is 9.68. The highest BCUT2D eigenvalue weighted by Crippen LogP contribution is 2.41. The molecule has 0 radical (unpaired) electrons. The largest absolute Gasteiger partial charge is 0.315 e. The van der Waals surface area contributed by atoms with Crippen molar-refractivity contribution in [3.8, 4) is 0 Å². The predicted molar refractivity (Wildman–Crippen MR) is 92.9 cm³/mol. The Balaban J connectivity index is 1.75. The van der Waals surface area contributed by atoms with Gasteiger partial charge in [-0.05, 0) is 48.4 Å². The van der Waals surface area contributed by atoms with Crippen LogP contribution in [0.5, 0.6) is 0 Å². The molecule has 5 nitrogen and oxygen atoms in total.